The van der Waals surface area contributed by atoms with Crippen molar-refractivity contribution < 1.29 is 45.8 Å². The number of aromatic carboxylic acids is 1. The molecule has 0 unspecified atom stereocenters. The van der Waals surface area contributed by atoms with Crippen LogP contribution in [0.2, 0.25) is 0 Å². The molecular formula is C23H16Br4F6N2O4S. The zero-order valence-corrected chi connectivity index (χ0v) is 26.7. The lowest BCUT2D eigenvalue weighted by molar-refractivity contribution is -0.143. The second kappa shape index (κ2) is 12.8. The molecule has 2 aromatic rings. The van der Waals surface area contributed by atoms with Crippen molar-refractivity contribution in [3.8, 4) is 0 Å². The van der Waals surface area contributed by atoms with Gasteiger partial charge in [0.15, 0.2) is 5.11 Å². The maximum absolute atomic E-state index is 13.2. The number of rotatable bonds is 5. The highest BCUT2D eigenvalue weighted by Gasteiger charge is 2.38. The van der Waals surface area contributed by atoms with Gasteiger partial charge >= 0.3 is 24.3 Å². The molecule has 3 rings (SSSR count). The summed E-state index contributed by atoms with van der Waals surface area (Å²) in [6, 6.07) is 0.326. The molecule has 0 saturated heterocycles. The van der Waals surface area contributed by atoms with Gasteiger partial charge in [-0.1, -0.05) is 6.42 Å². The van der Waals surface area contributed by atoms with Crippen molar-refractivity contribution in [3.05, 3.63) is 58.3 Å². The fourth-order valence-corrected chi connectivity index (χ4v) is 6.71. The first kappa shape index (κ1) is 33.1. The van der Waals surface area contributed by atoms with Crippen LogP contribution in [0, 0.1) is 0 Å². The van der Waals surface area contributed by atoms with Crippen LogP contribution in [0.3, 0.4) is 0 Å². The Bertz CT molecular complexity index is 1320. The number of esters is 1. The van der Waals surface area contributed by atoms with Crippen molar-refractivity contribution in [2.45, 2.75) is 50.2 Å². The highest BCUT2D eigenvalue weighted by atomic mass is 79.9. The smallest absolute Gasteiger partial charge is 0.416 e. The predicted molar refractivity (Wildman–Crippen MR) is 151 cm³/mol. The maximum Gasteiger partial charge on any atom is 0.416 e. The standard InChI is InChI=1S/C23H16Br4F6N2O4S/c24-15-13(19(36)37)14(16(25)18(27)17(15)26)20(38)39-12-4-2-1-3-11(12)35-21(40)34-10-6-8(22(28,29)30)5-9(7-10)23(31,32)33/h5-7,11-12H,1-4H2,(H,36,37)(H2,34,35,40)/t11-,12-/m1/s1. The van der Waals surface area contributed by atoms with Crippen LogP contribution < -0.4 is 10.6 Å². The number of halogens is 10. The third-order valence-electron chi connectivity index (χ3n) is 5.81. The van der Waals surface area contributed by atoms with Gasteiger partial charge in [0.2, 0.25) is 0 Å². The minimum Gasteiger partial charge on any atom is -0.478 e. The number of carbonyl (C=O) groups excluding carboxylic acids is 1. The molecule has 0 radical (unpaired) electrons. The van der Waals surface area contributed by atoms with Gasteiger partial charge < -0.3 is 20.5 Å². The van der Waals surface area contributed by atoms with E-state index in [1.54, 1.807) is 0 Å². The summed E-state index contributed by atoms with van der Waals surface area (Å²) in [5, 5.41) is 14.6. The molecule has 2 atom stereocenters. The van der Waals surface area contributed by atoms with Gasteiger partial charge in [0.05, 0.1) is 28.3 Å². The van der Waals surface area contributed by atoms with Crippen LogP contribution in [0.1, 0.15) is 57.5 Å². The number of hydrogen-bond acceptors (Lipinski definition) is 4. The average molecular weight is 850 g/mol. The van der Waals surface area contributed by atoms with Crippen molar-refractivity contribution in [1.29, 1.82) is 0 Å². The van der Waals surface area contributed by atoms with Gasteiger partial charge in [0.1, 0.15) is 6.10 Å². The quantitative estimate of drug-likeness (QED) is 0.0912. The number of nitrogens with one attached hydrogen (secondary N) is 2. The van der Waals surface area contributed by atoms with Crippen LogP contribution in [0.4, 0.5) is 32.0 Å². The number of hydrogen-bond donors (Lipinski definition) is 3. The third-order valence-corrected chi connectivity index (χ3v) is 10.8. The normalized spacial score (nSPS) is 17.8. The van der Waals surface area contributed by atoms with Crippen LogP contribution in [0.25, 0.3) is 0 Å². The molecule has 0 amide bonds. The van der Waals surface area contributed by atoms with E-state index in [4.69, 9.17) is 17.0 Å². The minimum absolute atomic E-state index is 0.000613. The van der Waals surface area contributed by atoms with Gasteiger partial charge in [-0.05, 0) is 113 Å². The molecule has 2 aromatic carbocycles. The largest absolute Gasteiger partial charge is 0.478 e. The lowest BCUT2D eigenvalue weighted by Gasteiger charge is -2.33. The maximum atomic E-state index is 13.2. The predicted octanol–water partition coefficient (Wildman–Crippen LogP) is 8.93. The van der Waals surface area contributed by atoms with Gasteiger partial charge in [-0.15, -0.1) is 0 Å². The van der Waals surface area contributed by atoms with E-state index in [-0.39, 0.29) is 31.3 Å². The Morgan fingerprint density at radius 1 is 0.850 bits per heavy atom. The van der Waals surface area contributed by atoms with Crippen molar-refractivity contribution in [2.24, 2.45) is 0 Å². The summed E-state index contributed by atoms with van der Waals surface area (Å²) < 4.78 is 85.7. The second-order valence-corrected chi connectivity index (χ2v) is 12.1. The Kier molecular flexibility index (Phi) is 10.6. The first-order chi connectivity index (χ1) is 18.4. The minimum atomic E-state index is -5.03. The summed E-state index contributed by atoms with van der Waals surface area (Å²) in [5.74, 6) is -2.38. The van der Waals surface area contributed by atoms with E-state index < -0.39 is 53.3 Å². The van der Waals surface area contributed by atoms with Crippen LogP contribution in [-0.2, 0) is 17.1 Å². The number of alkyl halides is 6. The molecule has 1 aliphatic rings. The van der Waals surface area contributed by atoms with Gasteiger partial charge in [-0.2, -0.15) is 26.3 Å². The molecule has 6 nitrogen and oxygen atoms in total. The lowest BCUT2D eigenvalue weighted by Crippen LogP contribution is -2.48. The Morgan fingerprint density at radius 3 is 1.85 bits per heavy atom. The van der Waals surface area contributed by atoms with Gasteiger partial charge in [0.25, 0.3) is 0 Å². The number of anilines is 1. The third kappa shape index (κ3) is 7.69. The highest BCUT2D eigenvalue weighted by Crippen LogP contribution is 2.43. The van der Waals surface area contributed by atoms with E-state index >= 15 is 0 Å². The fraction of sp³-hybridized carbons (Fsp3) is 0.348. The van der Waals surface area contributed by atoms with Crippen molar-refractivity contribution in [1.82, 2.24) is 5.32 Å². The van der Waals surface area contributed by atoms with Crippen molar-refractivity contribution in [3.63, 3.8) is 0 Å². The van der Waals surface area contributed by atoms with Crippen molar-refractivity contribution in [2.75, 3.05) is 5.32 Å². The first-order valence-corrected chi connectivity index (χ1v) is 14.7. The molecule has 1 aliphatic carbocycles. The molecule has 1 saturated carbocycles. The second-order valence-electron chi connectivity index (χ2n) is 8.54. The molecule has 1 fully saturated rings. The number of carbonyl (C=O) groups is 2. The SMILES string of the molecule is O=C(O)c1c(Br)c(Br)c(Br)c(Br)c1C(=O)O[C@@H]1CCCC[C@H]1NC(=S)Nc1cc(C(F)(F)F)cc(C(F)(F)F)c1. The lowest BCUT2D eigenvalue weighted by atomic mass is 9.92. The average Bonchev–Trinajstić information content (AvgIpc) is 2.84. The van der Waals surface area contributed by atoms with Crippen LogP contribution >= 0.6 is 75.9 Å². The Hall–Kier alpha value is -1.43. The summed E-state index contributed by atoms with van der Waals surface area (Å²) in [6.07, 6.45) is -8.87. The summed E-state index contributed by atoms with van der Waals surface area (Å²) in [7, 11) is 0. The highest BCUT2D eigenvalue weighted by molar-refractivity contribution is 9.15. The molecule has 218 valence electrons. The van der Waals surface area contributed by atoms with Gasteiger partial charge in [0, 0.05) is 23.6 Å². The zero-order chi connectivity index (χ0) is 30.2. The van der Waals surface area contributed by atoms with E-state index in [0.717, 1.165) is 0 Å². The van der Waals surface area contributed by atoms with Crippen LogP contribution in [0.5, 0.6) is 0 Å². The zero-order valence-electron chi connectivity index (χ0n) is 19.6. The van der Waals surface area contributed by atoms with E-state index in [1.807, 2.05) is 0 Å². The van der Waals surface area contributed by atoms with Gasteiger partial charge in [-0.25, -0.2) is 9.59 Å². The number of carboxylic acids is 1. The number of thiocarbonyl (C=S) groups is 1. The molecule has 0 heterocycles. The Morgan fingerprint density at radius 2 is 1.35 bits per heavy atom. The van der Waals surface area contributed by atoms with E-state index in [2.05, 4.69) is 74.4 Å². The number of carboxylic acid groups (broad SMARTS) is 1. The first-order valence-electron chi connectivity index (χ1n) is 11.1. The topological polar surface area (TPSA) is 87.7 Å². The van der Waals surface area contributed by atoms with E-state index in [0.29, 0.717) is 46.8 Å². The number of benzene rings is 2. The molecule has 0 aromatic heterocycles. The van der Waals surface area contributed by atoms with Crippen LogP contribution in [0.15, 0.2) is 36.1 Å². The fourth-order valence-electron chi connectivity index (χ4n) is 3.99. The molecule has 0 bridgehead atoms. The summed E-state index contributed by atoms with van der Waals surface area (Å²) >= 11 is 18.0. The summed E-state index contributed by atoms with van der Waals surface area (Å²) in [4.78, 5) is 25.1. The molecule has 17 heteroatoms. The Balaban J connectivity index is 1.83. The molecular weight excluding hydrogens is 834 g/mol. The molecule has 40 heavy (non-hydrogen) atoms. The molecule has 0 aliphatic heterocycles. The van der Waals surface area contributed by atoms with E-state index in [9.17, 15) is 41.0 Å². The number of ether oxygens (including phenoxy) is 1. The van der Waals surface area contributed by atoms with E-state index in [1.165, 1.54) is 0 Å². The van der Waals surface area contributed by atoms with Gasteiger partial charge in [-0.3, -0.25) is 0 Å². The van der Waals surface area contributed by atoms with Crippen LogP contribution in [-0.4, -0.2) is 34.3 Å². The molecule has 0 spiro atoms. The molecule has 3 N–H and O–H groups in total. The summed E-state index contributed by atoms with van der Waals surface area (Å²) in [6.45, 7) is 0. The Labute approximate surface area is 262 Å². The summed E-state index contributed by atoms with van der Waals surface area (Å²) in [5.41, 5.74) is -4.20. The van der Waals surface area contributed by atoms with Crippen molar-refractivity contribution >= 4 is 98.7 Å². The monoisotopic (exact) mass is 846 g/mol.